The minimum absolute atomic E-state index is 0.187. The Bertz CT molecular complexity index is 1100. The molecule has 1 heterocycles. The summed E-state index contributed by atoms with van der Waals surface area (Å²) >= 11 is 0. The first-order valence-electron chi connectivity index (χ1n) is 10.1. The predicted molar refractivity (Wildman–Crippen MR) is 112 cm³/mol. The fourth-order valence-electron chi connectivity index (χ4n) is 6.23. The van der Waals surface area contributed by atoms with Gasteiger partial charge in [-0.25, -0.2) is 4.79 Å². The molecule has 1 unspecified atom stereocenters. The van der Waals surface area contributed by atoms with Gasteiger partial charge in [-0.05, 0) is 86.1 Å². The van der Waals surface area contributed by atoms with E-state index >= 15 is 0 Å². The van der Waals surface area contributed by atoms with E-state index in [9.17, 15) is 9.90 Å². The quantitative estimate of drug-likeness (QED) is 0.679. The molecule has 2 aromatic rings. The Morgan fingerprint density at radius 3 is 2.57 bits per heavy atom. The number of carboxylic acids is 1. The first-order valence-corrected chi connectivity index (χ1v) is 10.1. The van der Waals surface area contributed by atoms with Gasteiger partial charge in [-0.2, -0.15) is 0 Å². The number of aromatic carboxylic acids is 1. The highest BCUT2D eigenvalue weighted by Crippen LogP contribution is 2.61. The Morgan fingerprint density at radius 1 is 1.04 bits per heavy atom. The molecule has 0 aromatic heterocycles. The smallest absolute Gasteiger partial charge is 0.336 e. The molecule has 3 heteroatoms. The topological polar surface area (TPSA) is 46.5 Å². The van der Waals surface area contributed by atoms with Gasteiger partial charge >= 0.3 is 5.97 Å². The summed E-state index contributed by atoms with van der Waals surface area (Å²) in [4.78, 5) is 11.7. The molecule has 28 heavy (non-hydrogen) atoms. The molecule has 0 saturated heterocycles. The van der Waals surface area contributed by atoms with Crippen molar-refractivity contribution in [1.82, 2.24) is 0 Å². The molecule has 1 aliphatic heterocycles. The molecule has 2 bridgehead atoms. The number of carboxylic acid groups (broad SMARTS) is 1. The molecule has 5 rings (SSSR count). The minimum atomic E-state index is -0.882. The highest BCUT2D eigenvalue weighted by atomic mass is 16.5. The highest BCUT2D eigenvalue weighted by molar-refractivity contribution is 6.07. The largest absolute Gasteiger partial charge is 0.478 e. The Hall–Kier alpha value is -2.39. The van der Waals surface area contributed by atoms with Crippen LogP contribution in [0.15, 0.2) is 47.6 Å². The molecular weight excluding hydrogens is 348 g/mol. The lowest BCUT2D eigenvalue weighted by atomic mass is 9.52. The van der Waals surface area contributed by atoms with Crippen molar-refractivity contribution >= 4 is 22.8 Å². The number of rotatable bonds is 1. The zero-order valence-corrected chi connectivity index (χ0v) is 16.9. The van der Waals surface area contributed by atoms with Crippen LogP contribution in [0.1, 0.15) is 68.4 Å². The number of fused-ring (bicyclic) bond motifs is 3. The summed E-state index contributed by atoms with van der Waals surface area (Å²) < 4.78 is 6.73. The van der Waals surface area contributed by atoms with Crippen LogP contribution in [-0.2, 0) is 10.2 Å². The van der Waals surface area contributed by atoms with Crippen molar-refractivity contribution in [2.75, 3.05) is 0 Å². The summed E-state index contributed by atoms with van der Waals surface area (Å²) in [5.41, 5.74) is 4.80. The van der Waals surface area contributed by atoms with Crippen LogP contribution in [0, 0.1) is 0 Å². The van der Waals surface area contributed by atoms with E-state index in [0.717, 1.165) is 35.6 Å². The highest BCUT2D eigenvalue weighted by Gasteiger charge is 2.59. The van der Waals surface area contributed by atoms with E-state index in [1.54, 1.807) is 6.07 Å². The maximum absolute atomic E-state index is 11.7. The molecule has 0 radical (unpaired) electrons. The third-order valence-electron chi connectivity index (χ3n) is 7.24. The molecule has 2 aliphatic carbocycles. The van der Waals surface area contributed by atoms with Gasteiger partial charge in [-0.3, -0.25) is 0 Å². The van der Waals surface area contributed by atoms with E-state index in [1.165, 1.54) is 16.7 Å². The molecule has 0 fully saturated rings. The van der Waals surface area contributed by atoms with Crippen molar-refractivity contribution in [3.05, 3.63) is 64.2 Å². The van der Waals surface area contributed by atoms with E-state index in [1.807, 2.05) is 18.2 Å². The fourth-order valence-corrected chi connectivity index (χ4v) is 6.23. The number of hydrogen-bond acceptors (Lipinski definition) is 2. The van der Waals surface area contributed by atoms with E-state index < -0.39 is 5.97 Å². The molecule has 3 aliphatic rings. The van der Waals surface area contributed by atoms with Gasteiger partial charge in [0.05, 0.1) is 16.8 Å². The average molecular weight is 374 g/mol. The lowest BCUT2D eigenvalue weighted by Gasteiger charge is -2.60. The lowest BCUT2D eigenvalue weighted by molar-refractivity contribution is -0.158. The summed E-state index contributed by atoms with van der Waals surface area (Å²) in [6, 6.07) is 9.72. The molecular formula is C25H26O3. The summed E-state index contributed by atoms with van der Waals surface area (Å²) in [5, 5.41) is 11.4. The van der Waals surface area contributed by atoms with Crippen molar-refractivity contribution in [2.45, 2.75) is 63.6 Å². The zero-order valence-electron chi connectivity index (χ0n) is 16.9. The molecule has 1 N–H and O–H groups in total. The molecule has 144 valence electrons. The van der Waals surface area contributed by atoms with Gasteiger partial charge in [0, 0.05) is 5.41 Å². The van der Waals surface area contributed by atoms with Crippen LogP contribution in [0.25, 0.3) is 16.8 Å². The molecule has 0 spiro atoms. The predicted octanol–water partition coefficient (Wildman–Crippen LogP) is 5.87. The molecule has 2 aromatic carbocycles. The number of allylic oxidation sites excluding steroid dienone is 1. The van der Waals surface area contributed by atoms with E-state index in [2.05, 4.69) is 45.9 Å². The maximum Gasteiger partial charge on any atom is 0.336 e. The standard InChI is InChI=1S/C25H26O3/c1-23(2)20-9-6-14-25(24(3,4)28-23)19-12-10-16-15(17(19)11-13-21(20)25)7-5-8-18(16)22(26)27/h5,7-8,10-13H,6,9,14H2,1-4H3,(H,26,27). The normalized spacial score (nSPS) is 26.7. The van der Waals surface area contributed by atoms with Gasteiger partial charge in [-0.15, -0.1) is 0 Å². The van der Waals surface area contributed by atoms with Gasteiger partial charge in [-0.1, -0.05) is 36.4 Å². The monoisotopic (exact) mass is 374 g/mol. The van der Waals surface area contributed by atoms with E-state index in [-0.39, 0.29) is 16.6 Å². The molecule has 1 atom stereocenters. The lowest BCUT2D eigenvalue weighted by Crippen LogP contribution is -2.61. The van der Waals surface area contributed by atoms with Crippen LogP contribution < -0.4 is 0 Å². The number of carbonyl (C=O) groups is 1. The summed E-state index contributed by atoms with van der Waals surface area (Å²) in [7, 11) is 0. The molecule has 0 saturated carbocycles. The van der Waals surface area contributed by atoms with Crippen molar-refractivity contribution in [2.24, 2.45) is 0 Å². The van der Waals surface area contributed by atoms with Crippen LogP contribution >= 0.6 is 0 Å². The minimum Gasteiger partial charge on any atom is -0.478 e. The first-order chi connectivity index (χ1) is 13.2. The zero-order chi connectivity index (χ0) is 19.9. The Kier molecular flexibility index (Phi) is 3.38. The molecule has 3 nitrogen and oxygen atoms in total. The second kappa shape index (κ2) is 5.36. The van der Waals surface area contributed by atoms with Gasteiger partial charge in [0.15, 0.2) is 0 Å². The van der Waals surface area contributed by atoms with Gasteiger partial charge in [0.1, 0.15) is 0 Å². The molecule has 0 amide bonds. The Balaban J connectivity index is 1.89. The van der Waals surface area contributed by atoms with Crippen molar-refractivity contribution in [3.63, 3.8) is 0 Å². The summed E-state index contributed by atoms with van der Waals surface area (Å²) in [5.74, 6) is -0.882. The van der Waals surface area contributed by atoms with Crippen LogP contribution in [-0.4, -0.2) is 22.3 Å². The van der Waals surface area contributed by atoms with Crippen molar-refractivity contribution in [3.8, 4) is 0 Å². The van der Waals surface area contributed by atoms with Crippen molar-refractivity contribution in [1.29, 1.82) is 0 Å². The first kappa shape index (κ1) is 17.7. The Morgan fingerprint density at radius 2 is 1.82 bits per heavy atom. The third-order valence-corrected chi connectivity index (χ3v) is 7.24. The van der Waals surface area contributed by atoms with Crippen LogP contribution in [0.4, 0.5) is 0 Å². The fraction of sp³-hybridized carbons (Fsp3) is 0.400. The number of ether oxygens (including phenoxy) is 1. The third kappa shape index (κ3) is 2.00. The SMILES string of the molecule is CC1(C)OC(C)(C)C23CCCC1=C2C=Cc1c3ccc2c(C(=O)O)cccc12. The summed E-state index contributed by atoms with van der Waals surface area (Å²) in [6.07, 6.45) is 7.76. The van der Waals surface area contributed by atoms with Gasteiger partial charge in [0.2, 0.25) is 0 Å². The number of benzene rings is 2. The van der Waals surface area contributed by atoms with Crippen LogP contribution in [0.2, 0.25) is 0 Å². The van der Waals surface area contributed by atoms with E-state index in [0.29, 0.717) is 5.56 Å². The van der Waals surface area contributed by atoms with Gasteiger partial charge < -0.3 is 9.84 Å². The Labute approximate surface area is 165 Å². The maximum atomic E-state index is 11.7. The summed E-state index contributed by atoms with van der Waals surface area (Å²) in [6.45, 7) is 8.82. The number of hydrogen-bond donors (Lipinski definition) is 1. The second-order valence-corrected chi connectivity index (χ2v) is 9.34. The van der Waals surface area contributed by atoms with Crippen LogP contribution in [0.3, 0.4) is 0 Å². The van der Waals surface area contributed by atoms with E-state index in [4.69, 9.17) is 4.74 Å². The van der Waals surface area contributed by atoms with Crippen LogP contribution in [0.5, 0.6) is 0 Å². The second-order valence-electron chi connectivity index (χ2n) is 9.34. The average Bonchev–Trinajstić information content (AvgIpc) is 2.64. The van der Waals surface area contributed by atoms with Gasteiger partial charge in [0.25, 0.3) is 0 Å². The van der Waals surface area contributed by atoms with Crippen molar-refractivity contribution < 1.29 is 14.6 Å².